The zero-order chi connectivity index (χ0) is 15.0. The molecule has 6 nitrogen and oxygen atoms in total. The minimum absolute atomic E-state index is 0.00148. The molecule has 0 bridgehead atoms. The summed E-state index contributed by atoms with van der Waals surface area (Å²) < 4.78 is 0.620. The van der Waals surface area contributed by atoms with E-state index in [2.05, 4.69) is 9.97 Å². The summed E-state index contributed by atoms with van der Waals surface area (Å²) in [6, 6.07) is 1.95. The molecular weight excluding hydrogens is 288 g/mol. The fourth-order valence-corrected chi connectivity index (χ4v) is 3.58. The molecule has 1 fully saturated rings. The van der Waals surface area contributed by atoms with Crippen molar-refractivity contribution in [2.75, 3.05) is 7.05 Å². The number of fused-ring (bicyclic) bond motifs is 1. The van der Waals surface area contributed by atoms with Crippen LogP contribution in [0.3, 0.4) is 0 Å². The molecule has 7 heteroatoms. The zero-order valence-corrected chi connectivity index (χ0v) is 12.7. The second kappa shape index (κ2) is 5.57. The average molecular weight is 306 g/mol. The van der Waals surface area contributed by atoms with E-state index in [0.29, 0.717) is 22.6 Å². The van der Waals surface area contributed by atoms with Crippen LogP contribution in [0.1, 0.15) is 25.1 Å². The predicted octanol–water partition coefficient (Wildman–Crippen LogP) is 1.07. The minimum atomic E-state index is -0.145. The lowest BCUT2D eigenvalue weighted by atomic mass is 10.1. The second-order valence-corrected chi connectivity index (χ2v) is 6.53. The molecule has 112 valence electrons. The molecule has 2 aromatic heterocycles. The van der Waals surface area contributed by atoms with Gasteiger partial charge in [-0.25, -0.2) is 4.98 Å². The first kappa shape index (κ1) is 14.2. The Kier molecular flexibility index (Phi) is 3.77. The van der Waals surface area contributed by atoms with Gasteiger partial charge in [0.05, 0.1) is 12.1 Å². The van der Waals surface area contributed by atoms with Gasteiger partial charge in [-0.3, -0.25) is 9.59 Å². The van der Waals surface area contributed by atoms with Gasteiger partial charge in [0.25, 0.3) is 5.56 Å². The molecule has 1 saturated carbocycles. The van der Waals surface area contributed by atoms with Gasteiger partial charge in [0.1, 0.15) is 10.5 Å². The lowest BCUT2D eigenvalue weighted by Gasteiger charge is -2.20. The van der Waals surface area contributed by atoms with Gasteiger partial charge in [-0.05, 0) is 30.7 Å². The predicted molar refractivity (Wildman–Crippen MR) is 82.0 cm³/mol. The van der Waals surface area contributed by atoms with Crippen LogP contribution in [0.4, 0.5) is 0 Å². The van der Waals surface area contributed by atoms with Crippen LogP contribution in [0.15, 0.2) is 16.2 Å². The number of thiophene rings is 1. The number of amides is 1. The standard InChI is InChI=1S/C14H18N4O2S/c1-18(14(20)8-2-3-9(15)6-8)7-11-16-10-4-5-21-12(10)13(19)17-11/h4-5,8-9H,2-3,6-7,15H2,1H3,(H,16,17,19). The minimum Gasteiger partial charge on any atom is -0.338 e. The van der Waals surface area contributed by atoms with Crippen molar-refractivity contribution in [3.05, 3.63) is 27.6 Å². The number of aromatic amines is 1. The first-order chi connectivity index (χ1) is 10.0. The van der Waals surface area contributed by atoms with Gasteiger partial charge < -0.3 is 15.6 Å². The number of rotatable bonds is 3. The van der Waals surface area contributed by atoms with Crippen LogP contribution in [0.2, 0.25) is 0 Å². The molecular formula is C14H18N4O2S. The molecule has 2 atom stereocenters. The maximum Gasteiger partial charge on any atom is 0.268 e. The number of aromatic nitrogens is 2. The van der Waals surface area contributed by atoms with E-state index in [1.807, 2.05) is 11.4 Å². The number of H-pyrrole nitrogens is 1. The first-order valence-corrected chi connectivity index (χ1v) is 7.89. The molecule has 2 aromatic rings. The lowest BCUT2D eigenvalue weighted by Crippen LogP contribution is -2.33. The number of hydrogen-bond donors (Lipinski definition) is 2. The molecule has 0 radical (unpaired) electrons. The zero-order valence-electron chi connectivity index (χ0n) is 11.8. The van der Waals surface area contributed by atoms with Gasteiger partial charge >= 0.3 is 0 Å². The summed E-state index contributed by atoms with van der Waals surface area (Å²) >= 11 is 1.37. The van der Waals surface area contributed by atoms with Crippen molar-refractivity contribution in [3.8, 4) is 0 Å². The number of nitrogens with one attached hydrogen (secondary N) is 1. The average Bonchev–Trinajstić information content (AvgIpc) is 3.06. The van der Waals surface area contributed by atoms with Crippen molar-refractivity contribution < 1.29 is 4.79 Å². The van der Waals surface area contributed by atoms with Crippen molar-refractivity contribution in [1.29, 1.82) is 0 Å². The van der Waals surface area contributed by atoms with E-state index in [0.717, 1.165) is 19.3 Å². The second-order valence-electron chi connectivity index (χ2n) is 5.61. The van der Waals surface area contributed by atoms with Crippen molar-refractivity contribution in [3.63, 3.8) is 0 Å². The van der Waals surface area contributed by atoms with Crippen molar-refractivity contribution in [1.82, 2.24) is 14.9 Å². The van der Waals surface area contributed by atoms with Crippen LogP contribution < -0.4 is 11.3 Å². The highest BCUT2D eigenvalue weighted by Gasteiger charge is 2.30. The molecule has 0 saturated heterocycles. The topological polar surface area (TPSA) is 92.1 Å². The monoisotopic (exact) mass is 306 g/mol. The van der Waals surface area contributed by atoms with Crippen molar-refractivity contribution in [2.24, 2.45) is 11.7 Å². The van der Waals surface area contributed by atoms with Gasteiger partial charge in [-0.2, -0.15) is 0 Å². The Morgan fingerprint density at radius 2 is 2.38 bits per heavy atom. The molecule has 0 spiro atoms. The van der Waals surface area contributed by atoms with E-state index in [1.165, 1.54) is 11.3 Å². The Labute approximate surface area is 126 Å². The normalized spacial score (nSPS) is 21.8. The highest BCUT2D eigenvalue weighted by molar-refractivity contribution is 7.17. The molecule has 2 heterocycles. The molecule has 0 aliphatic heterocycles. The Balaban J connectivity index is 1.75. The van der Waals surface area contributed by atoms with E-state index in [4.69, 9.17) is 5.73 Å². The summed E-state index contributed by atoms with van der Waals surface area (Å²) in [6.45, 7) is 0.311. The highest BCUT2D eigenvalue weighted by Crippen LogP contribution is 2.26. The SMILES string of the molecule is CN(Cc1nc2ccsc2c(=O)[nH]1)C(=O)C1CCC(N)C1. The van der Waals surface area contributed by atoms with Crippen LogP contribution >= 0.6 is 11.3 Å². The molecule has 1 aliphatic carbocycles. The smallest absolute Gasteiger partial charge is 0.268 e. The van der Waals surface area contributed by atoms with Gasteiger partial charge in [0.15, 0.2) is 0 Å². The van der Waals surface area contributed by atoms with E-state index < -0.39 is 0 Å². The molecule has 3 rings (SSSR count). The summed E-state index contributed by atoms with van der Waals surface area (Å²) in [7, 11) is 1.74. The third-order valence-electron chi connectivity index (χ3n) is 3.95. The summed E-state index contributed by atoms with van der Waals surface area (Å²) in [5, 5.41) is 1.84. The highest BCUT2D eigenvalue weighted by atomic mass is 32.1. The molecule has 3 N–H and O–H groups in total. The van der Waals surface area contributed by atoms with E-state index in [1.54, 1.807) is 11.9 Å². The van der Waals surface area contributed by atoms with Crippen molar-refractivity contribution >= 4 is 27.5 Å². The van der Waals surface area contributed by atoms with Crippen LogP contribution in [-0.2, 0) is 11.3 Å². The molecule has 0 aromatic carbocycles. The number of hydrogen-bond acceptors (Lipinski definition) is 5. The third kappa shape index (κ3) is 2.84. The number of nitrogens with two attached hydrogens (primary N) is 1. The quantitative estimate of drug-likeness (QED) is 0.887. The number of carbonyl (C=O) groups excluding carboxylic acids is 1. The van der Waals surface area contributed by atoms with Gasteiger partial charge in [-0.1, -0.05) is 0 Å². The van der Waals surface area contributed by atoms with Crippen LogP contribution in [0, 0.1) is 5.92 Å². The molecule has 2 unspecified atom stereocenters. The number of carbonyl (C=O) groups is 1. The Bertz CT molecular complexity index is 723. The molecule has 21 heavy (non-hydrogen) atoms. The lowest BCUT2D eigenvalue weighted by molar-refractivity contribution is -0.134. The molecule has 1 amide bonds. The summed E-state index contributed by atoms with van der Waals surface area (Å²) in [4.78, 5) is 33.0. The van der Waals surface area contributed by atoms with E-state index >= 15 is 0 Å². The van der Waals surface area contributed by atoms with E-state index in [-0.39, 0.29) is 23.4 Å². The molecule has 1 aliphatic rings. The fraction of sp³-hybridized carbons (Fsp3) is 0.500. The Hall–Kier alpha value is -1.73. The fourth-order valence-electron chi connectivity index (χ4n) is 2.85. The van der Waals surface area contributed by atoms with Gasteiger partial charge in [-0.15, -0.1) is 11.3 Å². The summed E-state index contributed by atoms with van der Waals surface area (Å²) in [5.74, 6) is 0.599. The van der Waals surface area contributed by atoms with Crippen molar-refractivity contribution in [2.45, 2.75) is 31.8 Å². The van der Waals surface area contributed by atoms with Gasteiger partial charge in [0, 0.05) is 19.0 Å². The first-order valence-electron chi connectivity index (χ1n) is 7.01. The van der Waals surface area contributed by atoms with Crippen LogP contribution in [0.5, 0.6) is 0 Å². The van der Waals surface area contributed by atoms with E-state index in [9.17, 15) is 9.59 Å². The van der Waals surface area contributed by atoms with Gasteiger partial charge in [0.2, 0.25) is 5.91 Å². The Morgan fingerprint density at radius 1 is 1.57 bits per heavy atom. The van der Waals surface area contributed by atoms with Crippen LogP contribution in [0.25, 0.3) is 10.2 Å². The summed E-state index contributed by atoms with van der Waals surface area (Å²) in [6.07, 6.45) is 2.49. The third-order valence-corrected chi connectivity index (χ3v) is 4.85. The maximum atomic E-state index is 12.3. The summed E-state index contributed by atoms with van der Waals surface area (Å²) in [5.41, 5.74) is 6.39. The Morgan fingerprint density at radius 3 is 3.10 bits per heavy atom. The number of nitrogens with zero attached hydrogens (tertiary/aromatic N) is 2. The van der Waals surface area contributed by atoms with Crippen LogP contribution in [-0.4, -0.2) is 33.9 Å². The maximum absolute atomic E-state index is 12.3. The largest absolute Gasteiger partial charge is 0.338 e.